The molecule has 0 radical (unpaired) electrons. The summed E-state index contributed by atoms with van der Waals surface area (Å²) in [5.74, 6) is 1.29. The molecule has 0 fully saturated rings. The van der Waals surface area contributed by atoms with E-state index in [1.807, 2.05) is 37.3 Å². The summed E-state index contributed by atoms with van der Waals surface area (Å²) in [6.45, 7) is 2.78. The van der Waals surface area contributed by atoms with Crippen molar-refractivity contribution in [3.8, 4) is 11.1 Å². The van der Waals surface area contributed by atoms with Crippen LogP contribution < -0.4 is 5.32 Å². The fourth-order valence-corrected chi connectivity index (χ4v) is 2.28. The fourth-order valence-electron chi connectivity index (χ4n) is 2.01. The minimum atomic E-state index is 0.419. The number of benzene rings is 1. The molecule has 0 aliphatic carbocycles. The Morgan fingerprint density at radius 2 is 2.05 bits per heavy atom. The van der Waals surface area contributed by atoms with E-state index in [1.165, 1.54) is 6.33 Å². The van der Waals surface area contributed by atoms with Crippen LogP contribution in [-0.2, 0) is 0 Å². The highest BCUT2D eigenvalue weighted by Crippen LogP contribution is 2.33. The Bertz CT molecular complexity index is 708. The van der Waals surface area contributed by atoms with Crippen LogP contribution in [-0.4, -0.2) is 26.1 Å². The average molecular weight is 274 g/mol. The molecule has 1 aromatic carbocycles. The van der Waals surface area contributed by atoms with Crippen molar-refractivity contribution in [2.45, 2.75) is 6.92 Å². The molecule has 3 aromatic rings. The van der Waals surface area contributed by atoms with E-state index in [1.54, 1.807) is 4.52 Å². The molecule has 96 valence electrons. The van der Waals surface area contributed by atoms with Gasteiger partial charge >= 0.3 is 0 Å². The second-order valence-electron chi connectivity index (χ2n) is 3.99. The third-order valence-electron chi connectivity index (χ3n) is 2.79. The van der Waals surface area contributed by atoms with Gasteiger partial charge in [0.05, 0.1) is 5.56 Å². The lowest BCUT2D eigenvalue weighted by Crippen LogP contribution is -2.08. The van der Waals surface area contributed by atoms with Gasteiger partial charge in [0.25, 0.3) is 5.78 Å². The van der Waals surface area contributed by atoms with E-state index in [0.29, 0.717) is 10.9 Å². The predicted molar refractivity (Wildman–Crippen MR) is 75.4 cm³/mol. The van der Waals surface area contributed by atoms with E-state index in [0.717, 1.165) is 23.5 Å². The molecule has 0 saturated carbocycles. The Kier molecular flexibility index (Phi) is 3.05. The molecule has 0 aliphatic rings. The molecule has 0 amide bonds. The lowest BCUT2D eigenvalue weighted by molar-refractivity contribution is 0.933. The van der Waals surface area contributed by atoms with Gasteiger partial charge in [-0.1, -0.05) is 41.9 Å². The van der Waals surface area contributed by atoms with Crippen LogP contribution in [0.15, 0.2) is 36.7 Å². The van der Waals surface area contributed by atoms with Crippen molar-refractivity contribution in [1.82, 2.24) is 19.6 Å². The SMILES string of the molecule is CCNc1c(-c2ccccc2)c(Cl)nc2ncnn12. The molecule has 0 saturated heterocycles. The molecule has 2 heterocycles. The molecule has 0 atom stereocenters. The van der Waals surface area contributed by atoms with Crippen molar-refractivity contribution < 1.29 is 0 Å². The molecular weight excluding hydrogens is 262 g/mol. The van der Waals surface area contributed by atoms with Crippen LogP contribution in [0.4, 0.5) is 5.82 Å². The van der Waals surface area contributed by atoms with Gasteiger partial charge in [-0.05, 0) is 12.5 Å². The van der Waals surface area contributed by atoms with E-state index in [-0.39, 0.29) is 0 Å². The summed E-state index contributed by atoms with van der Waals surface area (Å²) < 4.78 is 1.66. The van der Waals surface area contributed by atoms with Crippen molar-refractivity contribution in [2.75, 3.05) is 11.9 Å². The maximum atomic E-state index is 6.30. The van der Waals surface area contributed by atoms with Crippen LogP contribution >= 0.6 is 11.6 Å². The highest BCUT2D eigenvalue weighted by molar-refractivity contribution is 6.32. The van der Waals surface area contributed by atoms with Crippen LogP contribution in [0.1, 0.15) is 6.92 Å². The van der Waals surface area contributed by atoms with Crippen molar-refractivity contribution in [3.63, 3.8) is 0 Å². The maximum Gasteiger partial charge on any atom is 0.255 e. The summed E-state index contributed by atoms with van der Waals surface area (Å²) in [4.78, 5) is 8.34. The molecule has 5 nitrogen and oxygen atoms in total. The average Bonchev–Trinajstić information content (AvgIpc) is 2.88. The van der Waals surface area contributed by atoms with Crippen molar-refractivity contribution >= 4 is 23.2 Å². The van der Waals surface area contributed by atoms with Gasteiger partial charge in [0.1, 0.15) is 17.3 Å². The zero-order chi connectivity index (χ0) is 13.2. The molecule has 6 heteroatoms. The third-order valence-corrected chi connectivity index (χ3v) is 3.06. The number of rotatable bonds is 3. The first-order valence-electron chi connectivity index (χ1n) is 5.99. The van der Waals surface area contributed by atoms with E-state index in [2.05, 4.69) is 20.4 Å². The molecule has 1 N–H and O–H groups in total. The van der Waals surface area contributed by atoms with Gasteiger partial charge in [0.15, 0.2) is 0 Å². The quantitative estimate of drug-likeness (QED) is 0.746. The molecule has 19 heavy (non-hydrogen) atoms. The van der Waals surface area contributed by atoms with E-state index >= 15 is 0 Å². The first-order chi connectivity index (χ1) is 9.31. The second-order valence-corrected chi connectivity index (χ2v) is 4.35. The number of aromatic nitrogens is 4. The van der Waals surface area contributed by atoms with Crippen molar-refractivity contribution in [1.29, 1.82) is 0 Å². The Morgan fingerprint density at radius 1 is 1.26 bits per heavy atom. The zero-order valence-corrected chi connectivity index (χ0v) is 11.1. The molecule has 3 rings (SSSR count). The van der Waals surface area contributed by atoms with Gasteiger partial charge in [-0.15, -0.1) is 0 Å². The fraction of sp³-hybridized carbons (Fsp3) is 0.154. The van der Waals surface area contributed by atoms with E-state index in [9.17, 15) is 0 Å². The minimum absolute atomic E-state index is 0.419. The van der Waals surface area contributed by atoms with Crippen LogP contribution in [0.3, 0.4) is 0 Å². The van der Waals surface area contributed by atoms with Gasteiger partial charge in [0.2, 0.25) is 0 Å². The van der Waals surface area contributed by atoms with Crippen LogP contribution in [0.5, 0.6) is 0 Å². The summed E-state index contributed by atoms with van der Waals surface area (Å²) in [6.07, 6.45) is 1.47. The number of nitrogens with one attached hydrogen (secondary N) is 1. The zero-order valence-electron chi connectivity index (χ0n) is 10.3. The first-order valence-corrected chi connectivity index (χ1v) is 6.37. The van der Waals surface area contributed by atoms with Gasteiger partial charge in [-0.3, -0.25) is 0 Å². The summed E-state index contributed by atoms with van der Waals surface area (Å²) in [7, 11) is 0. The van der Waals surface area contributed by atoms with Crippen molar-refractivity contribution in [2.24, 2.45) is 0 Å². The summed E-state index contributed by atoms with van der Waals surface area (Å²) in [5, 5.41) is 7.89. The Hall–Kier alpha value is -2.14. The second kappa shape index (κ2) is 4.85. The predicted octanol–water partition coefficient (Wildman–Crippen LogP) is 2.88. The van der Waals surface area contributed by atoms with Gasteiger partial charge < -0.3 is 5.32 Å². The number of nitrogens with zero attached hydrogens (tertiary/aromatic N) is 4. The van der Waals surface area contributed by atoms with E-state index in [4.69, 9.17) is 11.6 Å². The van der Waals surface area contributed by atoms with Gasteiger partial charge in [-0.25, -0.2) is 0 Å². The highest BCUT2D eigenvalue weighted by atomic mass is 35.5. The van der Waals surface area contributed by atoms with Gasteiger partial charge in [-0.2, -0.15) is 19.6 Å². The van der Waals surface area contributed by atoms with Crippen LogP contribution in [0.25, 0.3) is 16.9 Å². The smallest absolute Gasteiger partial charge is 0.255 e. The number of hydrogen-bond donors (Lipinski definition) is 1. The topological polar surface area (TPSA) is 55.1 Å². The lowest BCUT2D eigenvalue weighted by Gasteiger charge is -2.13. The summed E-state index contributed by atoms with van der Waals surface area (Å²) in [5.41, 5.74) is 1.83. The van der Waals surface area contributed by atoms with Crippen LogP contribution in [0, 0.1) is 0 Å². The molecule has 0 unspecified atom stereocenters. The number of fused-ring (bicyclic) bond motifs is 1. The lowest BCUT2D eigenvalue weighted by atomic mass is 10.1. The monoisotopic (exact) mass is 273 g/mol. The third kappa shape index (κ3) is 2.02. The number of anilines is 1. The molecule has 0 aliphatic heterocycles. The highest BCUT2D eigenvalue weighted by Gasteiger charge is 2.16. The maximum absolute atomic E-state index is 6.30. The molecule has 0 bridgehead atoms. The Labute approximate surface area is 115 Å². The molecule has 2 aromatic heterocycles. The summed E-state index contributed by atoms with van der Waals surface area (Å²) in [6, 6.07) is 9.88. The number of hydrogen-bond acceptors (Lipinski definition) is 4. The van der Waals surface area contributed by atoms with E-state index < -0.39 is 0 Å². The molecule has 0 spiro atoms. The van der Waals surface area contributed by atoms with Gasteiger partial charge in [0, 0.05) is 6.54 Å². The first kappa shape index (κ1) is 11.9. The standard InChI is InChI=1S/C13H12ClN5/c1-2-15-12-10(9-6-4-3-5-7-9)11(14)18-13-16-8-17-19(12)13/h3-8,15H,2H2,1H3. The minimum Gasteiger partial charge on any atom is -0.370 e. The Morgan fingerprint density at radius 3 is 2.79 bits per heavy atom. The normalized spacial score (nSPS) is 10.8. The Balaban J connectivity index is 2.33. The summed E-state index contributed by atoms with van der Waals surface area (Å²) >= 11 is 6.30. The largest absolute Gasteiger partial charge is 0.370 e. The van der Waals surface area contributed by atoms with Crippen molar-refractivity contribution in [3.05, 3.63) is 41.8 Å². The number of halogens is 1. The molecular formula is C13H12ClN5. The van der Waals surface area contributed by atoms with Crippen LogP contribution in [0.2, 0.25) is 5.15 Å².